The van der Waals surface area contributed by atoms with Gasteiger partial charge in [-0.25, -0.2) is 4.99 Å². The van der Waals surface area contributed by atoms with E-state index in [0.29, 0.717) is 12.5 Å². The van der Waals surface area contributed by atoms with E-state index >= 15 is 0 Å². The Kier molecular flexibility index (Phi) is 15.0. The number of unbranched alkanes of at least 4 members (excludes halogenated alkanes) is 3. The fraction of sp³-hybridized carbons (Fsp3) is 0.632. The van der Waals surface area contributed by atoms with Crippen LogP contribution in [0, 0.1) is 0 Å². The average molecular weight is 475 g/mol. The van der Waals surface area contributed by atoms with Gasteiger partial charge in [-0.1, -0.05) is 32.3 Å². The van der Waals surface area contributed by atoms with Gasteiger partial charge >= 0.3 is 0 Å². The Bertz CT molecular complexity index is 510. The van der Waals surface area contributed by atoms with Crippen LogP contribution in [0.5, 0.6) is 0 Å². The molecule has 148 valence electrons. The zero-order valence-electron chi connectivity index (χ0n) is 16.3. The van der Waals surface area contributed by atoms with Crippen molar-refractivity contribution >= 4 is 35.8 Å². The summed E-state index contributed by atoms with van der Waals surface area (Å²) in [6.45, 7) is 6.69. The van der Waals surface area contributed by atoms with E-state index in [4.69, 9.17) is 0 Å². The summed E-state index contributed by atoms with van der Waals surface area (Å²) in [6, 6.07) is 5.83. The maximum atomic E-state index is 12.2. The number of nitrogens with zero attached hydrogens (tertiary/aromatic N) is 3. The molecule has 0 fully saturated rings. The SMILES string of the molecule is CCCCCCNC(=NCC(=O)N(C)CCc1ccccn1)NCC.I. The van der Waals surface area contributed by atoms with E-state index in [9.17, 15) is 4.79 Å². The van der Waals surface area contributed by atoms with Crippen molar-refractivity contribution in [3.63, 3.8) is 0 Å². The van der Waals surface area contributed by atoms with Gasteiger partial charge in [0.1, 0.15) is 6.54 Å². The Morgan fingerprint density at radius 1 is 1.19 bits per heavy atom. The van der Waals surface area contributed by atoms with Gasteiger partial charge in [-0.2, -0.15) is 0 Å². The number of aromatic nitrogens is 1. The van der Waals surface area contributed by atoms with Crippen molar-refractivity contribution in [1.82, 2.24) is 20.5 Å². The van der Waals surface area contributed by atoms with Crippen LogP contribution in [0.1, 0.15) is 45.2 Å². The lowest BCUT2D eigenvalue weighted by Crippen LogP contribution is -2.39. The van der Waals surface area contributed by atoms with Gasteiger partial charge in [-0.05, 0) is 25.5 Å². The maximum Gasteiger partial charge on any atom is 0.244 e. The summed E-state index contributed by atoms with van der Waals surface area (Å²) in [5.74, 6) is 0.726. The molecule has 26 heavy (non-hydrogen) atoms. The summed E-state index contributed by atoms with van der Waals surface area (Å²) in [4.78, 5) is 22.6. The number of guanidine groups is 1. The second-order valence-corrected chi connectivity index (χ2v) is 6.07. The van der Waals surface area contributed by atoms with E-state index in [1.165, 1.54) is 19.3 Å². The van der Waals surface area contributed by atoms with Crippen LogP contribution in [0.2, 0.25) is 0 Å². The van der Waals surface area contributed by atoms with Crippen molar-refractivity contribution < 1.29 is 4.79 Å². The van der Waals surface area contributed by atoms with Crippen molar-refractivity contribution in [2.75, 3.05) is 33.2 Å². The largest absolute Gasteiger partial charge is 0.357 e. The van der Waals surface area contributed by atoms with E-state index in [-0.39, 0.29) is 36.4 Å². The van der Waals surface area contributed by atoms with E-state index in [0.717, 1.165) is 31.6 Å². The molecule has 6 nitrogen and oxygen atoms in total. The number of amides is 1. The number of carbonyl (C=O) groups is 1. The van der Waals surface area contributed by atoms with Crippen molar-refractivity contribution in [1.29, 1.82) is 0 Å². The molecule has 1 heterocycles. The number of hydrogen-bond donors (Lipinski definition) is 2. The summed E-state index contributed by atoms with van der Waals surface area (Å²) >= 11 is 0. The lowest BCUT2D eigenvalue weighted by atomic mass is 10.2. The number of likely N-dealkylation sites (N-methyl/N-ethyl adjacent to an activating group) is 1. The molecule has 0 atom stereocenters. The fourth-order valence-corrected chi connectivity index (χ4v) is 2.32. The molecule has 0 aliphatic heterocycles. The smallest absolute Gasteiger partial charge is 0.244 e. The number of halogens is 1. The summed E-state index contributed by atoms with van der Waals surface area (Å²) in [6.07, 6.45) is 7.36. The molecular formula is C19H34IN5O. The Hall–Kier alpha value is -1.38. The minimum atomic E-state index is 0. The Balaban J connectivity index is 0.00000625. The highest BCUT2D eigenvalue weighted by Crippen LogP contribution is 1.98. The zero-order valence-corrected chi connectivity index (χ0v) is 18.7. The predicted molar refractivity (Wildman–Crippen MR) is 119 cm³/mol. The molecule has 0 bridgehead atoms. The molecule has 1 aromatic rings. The summed E-state index contributed by atoms with van der Waals surface area (Å²) in [7, 11) is 1.81. The Morgan fingerprint density at radius 2 is 2.00 bits per heavy atom. The molecule has 0 aromatic carbocycles. The van der Waals surface area contributed by atoms with Gasteiger partial charge in [0, 0.05) is 45.0 Å². The molecule has 0 aliphatic carbocycles. The number of rotatable bonds is 11. The first kappa shape index (κ1) is 24.6. The quantitative estimate of drug-likeness (QED) is 0.224. The first-order chi connectivity index (χ1) is 12.2. The third kappa shape index (κ3) is 11.3. The number of pyridine rings is 1. The standard InChI is InChI=1S/C19H33N5O.HI/c1-4-6-7-9-14-22-19(20-5-2)23-16-18(25)24(3)15-12-17-11-8-10-13-21-17;/h8,10-11,13H,4-7,9,12,14-16H2,1-3H3,(H2,20,22,23);1H. The molecule has 7 heteroatoms. The highest BCUT2D eigenvalue weighted by atomic mass is 127. The second kappa shape index (κ2) is 15.8. The number of aliphatic imine (C=N–C) groups is 1. The van der Waals surface area contributed by atoms with Gasteiger partial charge in [0.15, 0.2) is 5.96 Å². The van der Waals surface area contributed by atoms with Crippen LogP contribution < -0.4 is 10.6 Å². The van der Waals surface area contributed by atoms with Crippen molar-refractivity contribution in [3.05, 3.63) is 30.1 Å². The Labute approximate surface area is 175 Å². The molecule has 0 radical (unpaired) electrons. The highest BCUT2D eigenvalue weighted by molar-refractivity contribution is 14.0. The summed E-state index contributed by atoms with van der Waals surface area (Å²) < 4.78 is 0. The van der Waals surface area contributed by atoms with Crippen LogP contribution in [-0.2, 0) is 11.2 Å². The van der Waals surface area contributed by atoms with Crippen molar-refractivity contribution in [3.8, 4) is 0 Å². The molecule has 1 amide bonds. The van der Waals surface area contributed by atoms with Gasteiger partial charge in [-0.3, -0.25) is 9.78 Å². The fourth-order valence-electron chi connectivity index (χ4n) is 2.32. The third-order valence-corrected chi connectivity index (χ3v) is 3.89. The topological polar surface area (TPSA) is 69.6 Å². The number of carbonyl (C=O) groups excluding carboxylic acids is 1. The van der Waals surface area contributed by atoms with Crippen LogP contribution in [-0.4, -0.2) is 55.0 Å². The van der Waals surface area contributed by atoms with Crippen LogP contribution in [0.15, 0.2) is 29.4 Å². The highest BCUT2D eigenvalue weighted by Gasteiger charge is 2.09. The summed E-state index contributed by atoms with van der Waals surface area (Å²) in [5, 5.41) is 6.47. The molecule has 2 N–H and O–H groups in total. The molecule has 0 saturated heterocycles. The molecule has 0 saturated carbocycles. The molecule has 0 aliphatic rings. The van der Waals surface area contributed by atoms with E-state index in [2.05, 4.69) is 27.5 Å². The molecular weight excluding hydrogens is 441 g/mol. The number of hydrogen-bond acceptors (Lipinski definition) is 3. The maximum absolute atomic E-state index is 12.2. The molecule has 1 aromatic heterocycles. The monoisotopic (exact) mass is 475 g/mol. The average Bonchev–Trinajstić information content (AvgIpc) is 2.64. The van der Waals surface area contributed by atoms with Crippen molar-refractivity contribution in [2.24, 2.45) is 4.99 Å². The minimum Gasteiger partial charge on any atom is -0.357 e. The molecule has 0 unspecified atom stereocenters. The van der Waals surface area contributed by atoms with Gasteiger partial charge < -0.3 is 15.5 Å². The zero-order chi connectivity index (χ0) is 18.3. The van der Waals surface area contributed by atoms with Gasteiger partial charge in [0.2, 0.25) is 5.91 Å². The van der Waals surface area contributed by atoms with Crippen LogP contribution in [0.3, 0.4) is 0 Å². The summed E-state index contributed by atoms with van der Waals surface area (Å²) in [5.41, 5.74) is 0.993. The van der Waals surface area contributed by atoms with Crippen LogP contribution in [0.4, 0.5) is 0 Å². The predicted octanol–water partition coefficient (Wildman–Crippen LogP) is 2.84. The molecule has 1 rings (SSSR count). The first-order valence-electron chi connectivity index (χ1n) is 9.33. The lowest BCUT2D eigenvalue weighted by Gasteiger charge is -2.16. The third-order valence-electron chi connectivity index (χ3n) is 3.89. The second-order valence-electron chi connectivity index (χ2n) is 6.07. The normalized spacial score (nSPS) is 10.8. The van der Waals surface area contributed by atoms with Crippen LogP contribution >= 0.6 is 24.0 Å². The van der Waals surface area contributed by atoms with E-state index in [1.807, 2.05) is 32.2 Å². The minimum absolute atomic E-state index is 0. The Morgan fingerprint density at radius 3 is 2.65 bits per heavy atom. The van der Waals surface area contributed by atoms with E-state index < -0.39 is 0 Å². The van der Waals surface area contributed by atoms with E-state index in [1.54, 1.807) is 11.1 Å². The van der Waals surface area contributed by atoms with Crippen molar-refractivity contribution in [2.45, 2.75) is 46.0 Å². The lowest BCUT2D eigenvalue weighted by molar-refractivity contribution is -0.128. The first-order valence-corrected chi connectivity index (χ1v) is 9.33. The van der Waals surface area contributed by atoms with Gasteiger partial charge in [-0.15, -0.1) is 24.0 Å². The van der Waals surface area contributed by atoms with Crippen LogP contribution in [0.25, 0.3) is 0 Å². The molecule has 0 spiro atoms. The van der Waals surface area contributed by atoms with Gasteiger partial charge in [0.05, 0.1) is 0 Å². The number of nitrogens with one attached hydrogen (secondary N) is 2. The van der Waals surface area contributed by atoms with Gasteiger partial charge in [0.25, 0.3) is 0 Å².